The van der Waals surface area contributed by atoms with Gasteiger partial charge in [-0.3, -0.25) is 4.98 Å². The Balaban J connectivity index is 1.87. The normalized spacial score (nSPS) is 9.82. The molecule has 0 aromatic carbocycles. The molecule has 0 radical (unpaired) electrons. The average molecular weight is 263 g/mol. The fourth-order valence-corrected chi connectivity index (χ4v) is 2.51. The minimum absolute atomic E-state index is 0.398. The smallest absolute Gasteiger partial charge is 0.206 e. The first kappa shape index (κ1) is 11.8. The maximum absolute atomic E-state index is 8.45. The number of anilines is 1. The zero-order valence-electron chi connectivity index (χ0n) is 8.83. The summed E-state index contributed by atoms with van der Waals surface area (Å²) in [5, 5.41) is 20.3. The van der Waals surface area contributed by atoms with Gasteiger partial charge in [-0.2, -0.15) is 5.26 Å². The molecule has 0 aliphatic rings. The van der Waals surface area contributed by atoms with Crippen molar-refractivity contribution in [3.05, 3.63) is 30.1 Å². The Bertz CT molecular complexity index is 505. The highest BCUT2D eigenvalue weighted by Crippen LogP contribution is 2.25. The summed E-state index contributed by atoms with van der Waals surface area (Å²) in [7, 11) is 0. The molecule has 1 N–H and O–H groups in total. The molecule has 0 saturated heterocycles. The highest BCUT2D eigenvalue weighted by atomic mass is 32.2. The predicted molar refractivity (Wildman–Crippen MR) is 67.8 cm³/mol. The summed E-state index contributed by atoms with van der Waals surface area (Å²) in [6.45, 7) is 0.623. The number of thioether (sulfide) groups is 1. The fourth-order valence-electron chi connectivity index (χ4n) is 1.10. The van der Waals surface area contributed by atoms with Crippen molar-refractivity contribution in [2.24, 2.45) is 0 Å². The van der Waals surface area contributed by atoms with Gasteiger partial charge in [-0.25, -0.2) is 0 Å². The monoisotopic (exact) mass is 263 g/mol. The standard InChI is InChI=1S/C10H9N5S2/c11-4-6-16-10-15-14-9(17-10)13-7-8-3-1-2-5-12-8/h1-3,5H,6-7H2,(H,13,14). The molecule has 0 atom stereocenters. The number of rotatable bonds is 5. The topological polar surface area (TPSA) is 74.5 Å². The molecule has 0 aliphatic carbocycles. The van der Waals surface area contributed by atoms with Gasteiger partial charge in [-0.15, -0.1) is 10.2 Å². The van der Waals surface area contributed by atoms with Crippen LogP contribution in [-0.4, -0.2) is 20.9 Å². The Morgan fingerprint density at radius 2 is 2.35 bits per heavy atom. The number of nitrogens with one attached hydrogen (secondary N) is 1. The summed E-state index contributed by atoms with van der Waals surface area (Å²) < 4.78 is 0.801. The Kier molecular flexibility index (Phi) is 4.30. The van der Waals surface area contributed by atoms with Crippen molar-refractivity contribution >= 4 is 28.2 Å². The van der Waals surface area contributed by atoms with E-state index < -0.39 is 0 Å². The highest BCUT2D eigenvalue weighted by Gasteiger charge is 2.04. The van der Waals surface area contributed by atoms with Gasteiger partial charge >= 0.3 is 0 Å². The molecule has 0 amide bonds. The van der Waals surface area contributed by atoms with E-state index in [9.17, 15) is 0 Å². The van der Waals surface area contributed by atoms with Crippen molar-refractivity contribution in [2.45, 2.75) is 10.9 Å². The van der Waals surface area contributed by atoms with Gasteiger partial charge in [0.05, 0.1) is 24.1 Å². The van der Waals surface area contributed by atoms with Crippen LogP contribution >= 0.6 is 23.1 Å². The molecule has 2 rings (SSSR count). The van der Waals surface area contributed by atoms with E-state index in [4.69, 9.17) is 5.26 Å². The molecule has 0 unspecified atom stereocenters. The second kappa shape index (κ2) is 6.18. The van der Waals surface area contributed by atoms with Gasteiger partial charge < -0.3 is 5.32 Å². The number of aromatic nitrogens is 3. The van der Waals surface area contributed by atoms with Crippen LogP contribution in [0.3, 0.4) is 0 Å². The molecule has 0 bridgehead atoms. The van der Waals surface area contributed by atoms with Crippen LogP contribution in [0.2, 0.25) is 0 Å². The number of hydrogen-bond donors (Lipinski definition) is 1. The summed E-state index contributed by atoms with van der Waals surface area (Å²) in [4.78, 5) is 4.20. The maximum Gasteiger partial charge on any atom is 0.206 e. The maximum atomic E-state index is 8.45. The van der Waals surface area contributed by atoms with Crippen LogP contribution in [0.15, 0.2) is 28.7 Å². The van der Waals surface area contributed by atoms with Gasteiger partial charge in [0.2, 0.25) is 5.13 Å². The summed E-state index contributed by atoms with van der Waals surface area (Å²) in [6, 6.07) is 7.82. The minimum Gasteiger partial charge on any atom is -0.354 e. The lowest BCUT2D eigenvalue weighted by molar-refractivity contribution is 0.981. The van der Waals surface area contributed by atoms with Crippen LogP contribution in [0, 0.1) is 11.3 Å². The largest absolute Gasteiger partial charge is 0.354 e. The van der Waals surface area contributed by atoms with E-state index in [1.165, 1.54) is 23.1 Å². The SMILES string of the molecule is N#CCSc1nnc(NCc2ccccn2)s1. The van der Waals surface area contributed by atoms with E-state index in [0.29, 0.717) is 12.3 Å². The summed E-state index contributed by atoms with van der Waals surface area (Å²) >= 11 is 2.83. The lowest BCUT2D eigenvalue weighted by atomic mass is 10.3. The Morgan fingerprint density at radius 1 is 1.41 bits per heavy atom. The van der Waals surface area contributed by atoms with Gasteiger partial charge in [0.15, 0.2) is 4.34 Å². The average Bonchev–Trinajstić information content (AvgIpc) is 2.83. The second-order valence-corrected chi connectivity index (χ2v) is 5.19. The molecule has 0 aliphatic heterocycles. The first-order chi connectivity index (χ1) is 8.38. The molecule has 2 aromatic heterocycles. The van der Waals surface area contributed by atoms with Crippen LogP contribution in [0.4, 0.5) is 5.13 Å². The van der Waals surface area contributed by atoms with Crippen molar-refractivity contribution in [1.29, 1.82) is 5.26 Å². The van der Waals surface area contributed by atoms with Gasteiger partial charge in [-0.05, 0) is 12.1 Å². The number of hydrogen-bond acceptors (Lipinski definition) is 7. The van der Waals surface area contributed by atoms with E-state index in [2.05, 4.69) is 26.6 Å². The predicted octanol–water partition coefficient (Wildman–Crippen LogP) is 2.16. The molecule has 7 heteroatoms. The molecule has 17 heavy (non-hydrogen) atoms. The van der Waals surface area contributed by atoms with Gasteiger partial charge in [-0.1, -0.05) is 29.2 Å². The van der Waals surface area contributed by atoms with E-state index in [0.717, 1.165) is 15.2 Å². The Labute approximate surface area is 107 Å². The van der Waals surface area contributed by atoms with Crippen molar-refractivity contribution < 1.29 is 0 Å². The third-order valence-electron chi connectivity index (χ3n) is 1.81. The van der Waals surface area contributed by atoms with Crippen molar-refractivity contribution in [3.63, 3.8) is 0 Å². The van der Waals surface area contributed by atoms with Gasteiger partial charge in [0, 0.05) is 6.20 Å². The first-order valence-corrected chi connectivity index (χ1v) is 6.66. The van der Waals surface area contributed by atoms with Crippen molar-refractivity contribution in [2.75, 3.05) is 11.1 Å². The second-order valence-electron chi connectivity index (χ2n) is 2.99. The summed E-state index contributed by atoms with van der Waals surface area (Å²) in [5.41, 5.74) is 0.953. The van der Waals surface area contributed by atoms with Crippen LogP contribution in [-0.2, 0) is 6.54 Å². The van der Waals surface area contributed by atoms with E-state index in [1.54, 1.807) is 6.20 Å². The van der Waals surface area contributed by atoms with E-state index in [1.807, 2.05) is 18.2 Å². The van der Waals surface area contributed by atoms with Crippen molar-refractivity contribution in [3.8, 4) is 6.07 Å². The Hall–Kier alpha value is -1.65. The molecule has 0 saturated carbocycles. The lowest BCUT2D eigenvalue weighted by Gasteiger charge is -1.99. The molecule has 86 valence electrons. The first-order valence-electron chi connectivity index (χ1n) is 4.85. The minimum atomic E-state index is 0.398. The van der Waals surface area contributed by atoms with Crippen LogP contribution in [0.5, 0.6) is 0 Å². The third-order valence-corrected chi connectivity index (χ3v) is 3.69. The number of nitrogens with zero attached hydrogens (tertiary/aromatic N) is 4. The number of nitriles is 1. The van der Waals surface area contributed by atoms with E-state index >= 15 is 0 Å². The molecule has 2 heterocycles. The summed E-state index contributed by atoms with van der Waals surface area (Å²) in [6.07, 6.45) is 1.76. The van der Waals surface area contributed by atoms with Gasteiger partial charge in [0.25, 0.3) is 0 Å². The number of pyridine rings is 1. The lowest BCUT2D eigenvalue weighted by Crippen LogP contribution is -2.00. The fraction of sp³-hybridized carbons (Fsp3) is 0.200. The molecular weight excluding hydrogens is 254 g/mol. The van der Waals surface area contributed by atoms with Gasteiger partial charge in [0.1, 0.15) is 0 Å². The summed E-state index contributed by atoms with van der Waals surface area (Å²) in [5.74, 6) is 0.398. The van der Waals surface area contributed by atoms with Crippen LogP contribution in [0.25, 0.3) is 0 Å². The molecule has 0 fully saturated rings. The molecule has 2 aromatic rings. The van der Waals surface area contributed by atoms with E-state index in [-0.39, 0.29) is 0 Å². The van der Waals surface area contributed by atoms with Crippen molar-refractivity contribution in [1.82, 2.24) is 15.2 Å². The quantitative estimate of drug-likeness (QED) is 0.833. The molecular formula is C10H9N5S2. The highest BCUT2D eigenvalue weighted by molar-refractivity contribution is 8.01. The van der Waals surface area contributed by atoms with Crippen LogP contribution < -0.4 is 5.32 Å². The zero-order valence-corrected chi connectivity index (χ0v) is 10.5. The zero-order chi connectivity index (χ0) is 11.9. The molecule has 0 spiro atoms. The Morgan fingerprint density at radius 3 is 3.12 bits per heavy atom. The third kappa shape index (κ3) is 3.69. The molecule has 5 nitrogen and oxygen atoms in total. The van der Waals surface area contributed by atoms with Crippen LogP contribution in [0.1, 0.15) is 5.69 Å².